The Kier molecular flexibility index (Phi) is 4.76. The lowest BCUT2D eigenvalue weighted by atomic mass is 10.0. The first-order valence-electron chi connectivity index (χ1n) is 7.74. The maximum atomic E-state index is 5.88. The average Bonchev–Trinajstić information content (AvgIpc) is 3.16. The van der Waals surface area contributed by atoms with E-state index in [4.69, 9.17) is 9.26 Å². The molecule has 0 aliphatic carbocycles. The second-order valence-corrected chi connectivity index (χ2v) is 6.90. The number of hydrogen-bond acceptors (Lipinski definition) is 5. The number of benzene rings is 1. The number of ether oxygens (including phenoxy) is 1. The minimum atomic E-state index is 0.511. The zero-order valence-electron chi connectivity index (χ0n) is 13.6. The summed E-state index contributed by atoms with van der Waals surface area (Å²) < 4.78 is 10.9. The highest BCUT2D eigenvalue weighted by Gasteiger charge is 2.09. The summed E-state index contributed by atoms with van der Waals surface area (Å²) in [6.07, 6.45) is 0.868. The van der Waals surface area contributed by atoms with E-state index in [0.717, 1.165) is 17.0 Å². The standard InChI is InChI=1S/C18H20N2O2S/c1-12(2)14-5-4-6-15(11-14)21-10-9-16-7-8-17(23-16)18-19-13(3)22-20-18/h4-8,11-12H,9-10H2,1-3H3. The average molecular weight is 328 g/mol. The van der Waals surface area contributed by atoms with Gasteiger partial charge in [-0.15, -0.1) is 11.3 Å². The predicted molar refractivity (Wildman–Crippen MR) is 92.1 cm³/mol. The monoisotopic (exact) mass is 328 g/mol. The van der Waals surface area contributed by atoms with Crippen LogP contribution >= 0.6 is 11.3 Å². The Labute approximate surface area is 140 Å². The van der Waals surface area contributed by atoms with Crippen LogP contribution < -0.4 is 4.74 Å². The summed E-state index contributed by atoms with van der Waals surface area (Å²) in [5.74, 6) is 2.69. The van der Waals surface area contributed by atoms with Crippen LogP contribution in [0.4, 0.5) is 0 Å². The second kappa shape index (κ2) is 6.96. The number of thiophene rings is 1. The topological polar surface area (TPSA) is 48.2 Å². The lowest BCUT2D eigenvalue weighted by molar-refractivity contribution is 0.322. The summed E-state index contributed by atoms with van der Waals surface area (Å²) in [7, 11) is 0. The zero-order chi connectivity index (χ0) is 16.2. The fourth-order valence-corrected chi connectivity index (χ4v) is 3.18. The number of aryl methyl sites for hydroxylation is 1. The maximum absolute atomic E-state index is 5.88. The van der Waals surface area contributed by atoms with Gasteiger partial charge in [0.1, 0.15) is 5.75 Å². The summed E-state index contributed by atoms with van der Waals surface area (Å²) in [5.41, 5.74) is 1.30. The van der Waals surface area contributed by atoms with Gasteiger partial charge in [-0.25, -0.2) is 0 Å². The molecule has 0 N–H and O–H groups in total. The molecule has 3 aromatic rings. The Hall–Kier alpha value is -2.14. The number of hydrogen-bond donors (Lipinski definition) is 0. The van der Waals surface area contributed by atoms with E-state index in [0.29, 0.717) is 24.2 Å². The van der Waals surface area contributed by atoms with Crippen LogP contribution in [0.3, 0.4) is 0 Å². The van der Waals surface area contributed by atoms with Crippen molar-refractivity contribution >= 4 is 11.3 Å². The SMILES string of the molecule is Cc1nc(-c2ccc(CCOc3cccc(C(C)C)c3)s2)no1. The van der Waals surface area contributed by atoms with E-state index in [-0.39, 0.29) is 0 Å². The largest absolute Gasteiger partial charge is 0.493 e. The van der Waals surface area contributed by atoms with Gasteiger partial charge in [0, 0.05) is 18.2 Å². The predicted octanol–water partition coefficient (Wildman–Crippen LogP) is 4.85. The first kappa shape index (κ1) is 15.7. The zero-order valence-corrected chi connectivity index (χ0v) is 14.4. The van der Waals surface area contributed by atoms with E-state index in [9.17, 15) is 0 Å². The summed E-state index contributed by atoms with van der Waals surface area (Å²) >= 11 is 1.68. The van der Waals surface area contributed by atoms with Crippen LogP contribution in [-0.4, -0.2) is 16.7 Å². The third kappa shape index (κ3) is 3.99. The van der Waals surface area contributed by atoms with Crippen molar-refractivity contribution in [3.63, 3.8) is 0 Å². The molecule has 120 valence electrons. The van der Waals surface area contributed by atoms with Crippen LogP contribution in [0.15, 0.2) is 40.9 Å². The van der Waals surface area contributed by atoms with Gasteiger partial charge in [0.15, 0.2) is 0 Å². The summed E-state index contributed by atoms with van der Waals surface area (Å²) in [4.78, 5) is 6.53. The second-order valence-electron chi connectivity index (χ2n) is 5.73. The number of nitrogens with zero attached hydrogens (tertiary/aromatic N) is 2. The van der Waals surface area contributed by atoms with Gasteiger partial charge in [-0.3, -0.25) is 0 Å². The van der Waals surface area contributed by atoms with Crippen LogP contribution in [0.5, 0.6) is 5.75 Å². The van der Waals surface area contributed by atoms with Crippen LogP contribution in [-0.2, 0) is 6.42 Å². The molecule has 0 aliphatic heterocycles. The summed E-state index contributed by atoms with van der Waals surface area (Å²) in [5, 5.41) is 3.95. The Balaban J connectivity index is 1.57. The van der Waals surface area contributed by atoms with E-state index < -0.39 is 0 Å². The van der Waals surface area contributed by atoms with Gasteiger partial charge in [-0.05, 0) is 35.7 Å². The minimum absolute atomic E-state index is 0.511. The van der Waals surface area contributed by atoms with Crippen LogP contribution in [0.1, 0.15) is 36.1 Å². The molecule has 0 aliphatic rings. The molecule has 4 nitrogen and oxygen atoms in total. The number of aromatic nitrogens is 2. The third-order valence-electron chi connectivity index (χ3n) is 3.55. The Morgan fingerprint density at radius 3 is 2.83 bits per heavy atom. The van der Waals surface area contributed by atoms with E-state index >= 15 is 0 Å². The molecule has 23 heavy (non-hydrogen) atoms. The fraction of sp³-hybridized carbons (Fsp3) is 0.333. The molecule has 0 spiro atoms. The van der Waals surface area contributed by atoms with E-state index in [1.807, 2.05) is 18.2 Å². The Morgan fingerprint density at radius 2 is 2.09 bits per heavy atom. The quantitative estimate of drug-likeness (QED) is 0.649. The highest BCUT2D eigenvalue weighted by Crippen LogP contribution is 2.26. The molecule has 0 bridgehead atoms. The molecule has 0 fully saturated rings. The highest BCUT2D eigenvalue weighted by atomic mass is 32.1. The van der Waals surface area contributed by atoms with Gasteiger partial charge in [0.2, 0.25) is 11.7 Å². The first-order valence-corrected chi connectivity index (χ1v) is 8.55. The molecule has 0 saturated carbocycles. The molecule has 1 aromatic carbocycles. The van der Waals surface area contributed by atoms with Crippen molar-refractivity contribution in [2.75, 3.05) is 6.61 Å². The molecule has 0 amide bonds. The molecular formula is C18H20N2O2S. The summed E-state index contributed by atoms with van der Waals surface area (Å²) in [6.45, 7) is 6.83. The molecule has 0 unspecified atom stereocenters. The molecule has 0 atom stereocenters. The van der Waals surface area contributed by atoms with E-state index in [1.165, 1.54) is 10.4 Å². The molecule has 0 radical (unpaired) electrons. The molecule has 3 rings (SSSR count). The maximum Gasteiger partial charge on any atom is 0.223 e. The van der Waals surface area contributed by atoms with Crippen molar-refractivity contribution in [2.24, 2.45) is 0 Å². The summed E-state index contributed by atoms with van der Waals surface area (Å²) in [6, 6.07) is 12.4. The van der Waals surface area contributed by atoms with Gasteiger partial charge in [-0.1, -0.05) is 31.1 Å². The van der Waals surface area contributed by atoms with Crippen molar-refractivity contribution in [2.45, 2.75) is 33.1 Å². The Morgan fingerprint density at radius 1 is 1.22 bits per heavy atom. The van der Waals surface area contributed by atoms with Gasteiger partial charge >= 0.3 is 0 Å². The van der Waals surface area contributed by atoms with Gasteiger partial charge in [0.25, 0.3) is 0 Å². The molecule has 0 saturated heterocycles. The van der Waals surface area contributed by atoms with Crippen molar-refractivity contribution in [1.29, 1.82) is 0 Å². The van der Waals surface area contributed by atoms with Crippen molar-refractivity contribution in [1.82, 2.24) is 10.1 Å². The number of rotatable bonds is 6. The van der Waals surface area contributed by atoms with Crippen LogP contribution in [0.2, 0.25) is 0 Å². The highest BCUT2D eigenvalue weighted by molar-refractivity contribution is 7.15. The molecular weight excluding hydrogens is 308 g/mol. The molecule has 2 aromatic heterocycles. The Bertz CT molecular complexity index is 777. The fourth-order valence-electron chi connectivity index (χ4n) is 2.26. The first-order chi connectivity index (χ1) is 11.1. The smallest absolute Gasteiger partial charge is 0.223 e. The minimum Gasteiger partial charge on any atom is -0.493 e. The van der Waals surface area contributed by atoms with E-state index in [2.05, 4.69) is 42.2 Å². The van der Waals surface area contributed by atoms with E-state index in [1.54, 1.807) is 18.3 Å². The lowest BCUT2D eigenvalue weighted by Gasteiger charge is -2.09. The van der Waals surface area contributed by atoms with Gasteiger partial charge in [-0.2, -0.15) is 4.98 Å². The van der Waals surface area contributed by atoms with Crippen LogP contribution in [0.25, 0.3) is 10.7 Å². The normalized spacial score (nSPS) is 11.1. The molecule has 2 heterocycles. The van der Waals surface area contributed by atoms with Crippen molar-refractivity contribution in [3.05, 3.63) is 52.7 Å². The molecule has 5 heteroatoms. The van der Waals surface area contributed by atoms with Crippen molar-refractivity contribution in [3.8, 4) is 16.5 Å². The van der Waals surface area contributed by atoms with Crippen LogP contribution in [0, 0.1) is 6.92 Å². The van der Waals surface area contributed by atoms with Gasteiger partial charge < -0.3 is 9.26 Å². The van der Waals surface area contributed by atoms with Gasteiger partial charge in [0.05, 0.1) is 11.5 Å². The third-order valence-corrected chi connectivity index (χ3v) is 4.69. The van der Waals surface area contributed by atoms with Crippen molar-refractivity contribution < 1.29 is 9.26 Å². The lowest BCUT2D eigenvalue weighted by Crippen LogP contribution is -2.00.